The van der Waals surface area contributed by atoms with E-state index in [2.05, 4.69) is 15.9 Å². The van der Waals surface area contributed by atoms with Crippen molar-refractivity contribution in [1.82, 2.24) is 0 Å². The first-order valence-corrected chi connectivity index (χ1v) is 5.84. The van der Waals surface area contributed by atoms with Gasteiger partial charge >= 0.3 is 0 Å². The van der Waals surface area contributed by atoms with E-state index >= 15 is 0 Å². The molecule has 0 heterocycles. The summed E-state index contributed by atoms with van der Waals surface area (Å²) < 4.78 is 0. The summed E-state index contributed by atoms with van der Waals surface area (Å²) in [5.74, 6) is 0.491. The lowest BCUT2D eigenvalue weighted by molar-refractivity contribution is -0.115. The summed E-state index contributed by atoms with van der Waals surface area (Å²) in [4.78, 5) is 11.3. The van der Waals surface area contributed by atoms with Crippen LogP contribution in [0.2, 0.25) is 0 Å². The van der Waals surface area contributed by atoms with Crippen LogP contribution < -0.4 is 5.73 Å². The SMILES string of the molecule is Nc1cccc(CCl)c1CC(=O)CBr. The minimum atomic E-state index is 0.106. The number of carbonyl (C=O) groups excluding carboxylic acids is 1. The third-order valence-corrected chi connectivity index (χ3v) is 2.89. The molecular weight excluding hydrogens is 265 g/mol. The Balaban J connectivity index is 2.98. The van der Waals surface area contributed by atoms with E-state index in [0.29, 0.717) is 23.3 Å². The van der Waals surface area contributed by atoms with E-state index in [1.807, 2.05) is 12.1 Å². The Hall–Kier alpha value is -0.540. The molecule has 0 saturated heterocycles. The third-order valence-electron chi connectivity index (χ3n) is 1.98. The number of hydrogen-bond donors (Lipinski definition) is 1. The molecule has 4 heteroatoms. The lowest BCUT2D eigenvalue weighted by atomic mass is 10.0. The van der Waals surface area contributed by atoms with Gasteiger partial charge in [-0.15, -0.1) is 11.6 Å². The first-order chi connectivity index (χ1) is 6.69. The Bertz CT molecular complexity index is 341. The summed E-state index contributed by atoms with van der Waals surface area (Å²) in [6.07, 6.45) is 0.347. The second-order valence-corrected chi connectivity index (χ2v) is 3.80. The molecule has 0 aliphatic carbocycles. The van der Waals surface area contributed by atoms with Crippen molar-refractivity contribution >= 4 is 39.0 Å². The van der Waals surface area contributed by atoms with E-state index in [0.717, 1.165) is 11.1 Å². The number of anilines is 1. The van der Waals surface area contributed by atoms with Crippen molar-refractivity contribution in [3.8, 4) is 0 Å². The number of ketones is 1. The molecule has 0 unspecified atom stereocenters. The van der Waals surface area contributed by atoms with Crippen LogP contribution in [0, 0.1) is 0 Å². The van der Waals surface area contributed by atoms with Gasteiger partial charge in [0, 0.05) is 18.0 Å². The van der Waals surface area contributed by atoms with Crippen LogP contribution in [0.25, 0.3) is 0 Å². The van der Waals surface area contributed by atoms with Crippen LogP contribution in [0.1, 0.15) is 11.1 Å². The molecule has 1 aromatic carbocycles. The molecular formula is C10H11BrClNO. The Morgan fingerprint density at radius 3 is 2.79 bits per heavy atom. The van der Waals surface area contributed by atoms with Crippen molar-refractivity contribution < 1.29 is 4.79 Å². The Labute approximate surface area is 96.6 Å². The standard InChI is InChI=1S/C10H11BrClNO/c11-5-8(14)4-9-7(6-12)2-1-3-10(9)13/h1-3H,4-6,13H2. The van der Waals surface area contributed by atoms with Gasteiger partial charge in [-0.2, -0.15) is 0 Å². The second-order valence-electron chi connectivity index (χ2n) is 2.97. The van der Waals surface area contributed by atoms with Crippen LogP contribution >= 0.6 is 27.5 Å². The highest BCUT2D eigenvalue weighted by Gasteiger charge is 2.09. The smallest absolute Gasteiger partial charge is 0.147 e. The number of carbonyl (C=O) groups is 1. The summed E-state index contributed by atoms with van der Waals surface area (Å²) >= 11 is 8.87. The minimum Gasteiger partial charge on any atom is -0.398 e. The Kier molecular flexibility index (Phi) is 4.42. The lowest BCUT2D eigenvalue weighted by Crippen LogP contribution is -2.08. The summed E-state index contributed by atoms with van der Waals surface area (Å²) in [6, 6.07) is 5.52. The molecule has 0 radical (unpaired) electrons. The molecule has 0 spiro atoms. The molecule has 0 bridgehead atoms. The van der Waals surface area contributed by atoms with E-state index in [1.165, 1.54) is 0 Å². The number of rotatable bonds is 4. The molecule has 0 atom stereocenters. The van der Waals surface area contributed by atoms with Gasteiger partial charge in [-0.1, -0.05) is 28.1 Å². The zero-order chi connectivity index (χ0) is 10.6. The van der Waals surface area contributed by atoms with Crippen molar-refractivity contribution in [3.05, 3.63) is 29.3 Å². The van der Waals surface area contributed by atoms with Crippen molar-refractivity contribution in [2.45, 2.75) is 12.3 Å². The van der Waals surface area contributed by atoms with Crippen LogP contribution in [0.15, 0.2) is 18.2 Å². The van der Waals surface area contributed by atoms with Gasteiger partial charge in [-0.25, -0.2) is 0 Å². The summed E-state index contributed by atoms with van der Waals surface area (Å²) in [5, 5.41) is 0.350. The highest BCUT2D eigenvalue weighted by atomic mass is 79.9. The Morgan fingerprint density at radius 2 is 2.21 bits per heavy atom. The monoisotopic (exact) mass is 275 g/mol. The predicted octanol–water partition coefficient (Wildman–Crippen LogP) is 2.51. The topological polar surface area (TPSA) is 43.1 Å². The van der Waals surface area contributed by atoms with Gasteiger partial charge in [-0.3, -0.25) is 4.79 Å². The fourth-order valence-electron chi connectivity index (χ4n) is 1.24. The molecule has 0 aliphatic heterocycles. The number of nitrogen functional groups attached to an aromatic ring is 1. The molecule has 1 rings (SSSR count). The summed E-state index contributed by atoms with van der Waals surface area (Å²) in [7, 11) is 0. The van der Waals surface area contributed by atoms with Gasteiger partial charge < -0.3 is 5.73 Å². The lowest BCUT2D eigenvalue weighted by Gasteiger charge is -2.08. The zero-order valence-corrected chi connectivity index (χ0v) is 9.94. The average molecular weight is 277 g/mol. The molecule has 2 N–H and O–H groups in total. The fraction of sp³-hybridized carbons (Fsp3) is 0.300. The maximum Gasteiger partial charge on any atom is 0.147 e. The quantitative estimate of drug-likeness (QED) is 0.678. The van der Waals surface area contributed by atoms with Gasteiger partial charge in [0.1, 0.15) is 5.78 Å². The van der Waals surface area contributed by atoms with Gasteiger partial charge in [0.15, 0.2) is 0 Å². The number of nitrogens with two attached hydrogens (primary N) is 1. The normalized spacial score (nSPS) is 10.1. The second kappa shape index (κ2) is 5.37. The van der Waals surface area contributed by atoms with Crippen LogP contribution in [-0.4, -0.2) is 11.1 Å². The maximum absolute atomic E-state index is 11.3. The van der Waals surface area contributed by atoms with Crippen molar-refractivity contribution in [2.24, 2.45) is 0 Å². The van der Waals surface area contributed by atoms with Crippen LogP contribution in [0.3, 0.4) is 0 Å². The maximum atomic E-state index is 11.3. The number of halogens is 2. The highest BCUT2D eigenvalue weighted by molar-refractivity contribution is 9.09. The molecule has 14 heavy (non-hydrogen) atoms. The van der Waals surface area contributed by atoms with E-state index in [9.17, 15) is 4.79 Å². The zero-order valence-electron chi connectivity index (χ0n) is 7.59. The molecule has 76 valence electrons. The molecule has 1 aromatic rings. The average Bonchev–Trinajstić information content (AvgIpc) is 2.20. The molecule has 0 saturated carbocycles. The van der Waals surface area contributed by atoms with Crippen molar-refractivity contribution in [1.29, 1.82) is 0 Å². The van der Waals surface area contributed by atoms with Crippen LogP contribution in [-0.2, 0) is 17.1 Å². The van der Waals surface area contributed by atoms with Gasteiger partial charge in [0.2, 0.25) is 0 Å². The first kappa shape index (κ1) is 11.5. The first-order valence-electron chi connectivity index (χ1n) is 4.19. The summed E-state index contributed by atoms with van der Waals surface area (Å²) in [6.45, 7) is 0. The minimum absolute atomic E-state index is 0.106. The van der Waals surface area contributed by atoms with Crippen LogP contribution in [0.5, 0.6) is 0 Å². The molecule has 0 aromatic heterocycles. The number of benzene rings is 1. The number of alkyl halides is 2. The van der Waals surface area contributed by atoms with Gasteiger partial charge in [0.25, 0.3) is 0 Å². The number of Topliss-reactive ketones (excluding diaryl/α,β-unsaturated/α-hetero) is 1. The summed E-state index contributed by atoms with van der Waals surface area (Å²) in [5.41, 5.74) is 8.20. The van der Waals surface area contributed by atoms with Gasteiger partial charge in [0.05, 0.1) is 5.33 Å². The molecule has 0 fully saturated rings. The number of hydrogen-bond acceptors (Lipinski definition) is 2. The van der Waals surface area contributed by atoms with E-state index in [4.69, 9.17) is 17.3 Å². The largest absolute Gasteiger partial charge is 0.398 e. The highest BCUT2D eigenvalue weighted by Crippen LogP contribution is 2.19. The Morgan fingerprint density at radius 1 is 1.50 bits per heavy atom. The van der Waals surface area contributed by atoms with Crippen molar-refractivity contribution in [3.63, 3.8) is 0 Å². The van der Waals surface area contributed by atoms with E-state index < -0.39 is 0 Å². The van der Waals surface area contributed by atoms with Gasteiger partial charge in [-0.05, 0) is 17.2 Å². The third kappa shape index (κ3) is 2.72. The van der Waals surface area contributed by atoms with E-state index in [-0.39, 0.29) is 5.78 Å². The fourth-order valence-corrected chi connectivity index (χ4v) is 1.69. The van der Waals surface area contributed by atoms with Crippen LogP contribution in [0.4, 0.5) is 5.69 Å². The molecule has 0 aliphatic rings. The van der Waals surface area contributed by atoms with Crippen molar-refractivity contribution in [2.75, 3.05) is 11.1 Å². The molecule has 2 nitrogen and oxygen atoms in total. The van der Waals surface area contributed by atoms with E-state index in [1.54, 1.807) is 6.07 Å². The molecule has 0 amide bonds. The predicted molar refractivity (Wildman–Crippen MR) is 62.9 cm³/mol.